The van der Waals surface area contributed by atoms with E-state index in [1.165, 1.54) is 5.56 Å². The van der Waals surface area contributed by atoms with Gasteiger partial charge in [0.1, 0.15) is 5.75 Å². The zero-order chi connectivity index (χ0) is 14.4. The second kappa shape index (κ2) is 6.75. The van der Waals surface area contributed by atoms with Gasteiger partial charge in [-0.05, 0) is 43.2 Å². The molecule has 0 unspecified atom stereocenters. The number of aryl methyl sites for hydroxylation is 1. The predicted molar refractivity (Wildman–Crippen MR) is 80.2 cm³/mol. The summed E-state index contributed by atoms with van der Waals surface area (Å²) in [6.45, 7) is 2.60. The van der Waals surface area contributed by atoms with Gasteiger partial charge in [0.25, 0.3) is 5.91 Å². The highest BCUT2D eigenvalue weighted by Crippen LogP contribution is 2.11. The summed E-state index contributed by atoms with van der Waals surface area (Å²) in [5.41, 5.74) is 2.97. The van der Waals surface area contributed by atoms with Gasteiger partial charge in [-0.25, -0.2) is 0 Å². The molecular weight excluding hydrogens is 250 g/mol. The highest BCUT2D eigenvalue weighted by atomic mass is 16.5. The summed E-state index contributed by atoms with van der Waals surface area (Å²) in [5, 5.41) is 2.93. The number of carbonyl (C=O) groups is 1. The van der Waals surface area contributed by atoms with Crippen LogP contribution < -0.4 is 10.1 Å². The molecule has 0 aliphatic rings. The van der Waals surface area contributed by atoms with Gasteiger partial charge in [0.05, 0.1) is 7.11 Å². The van der Waals surface area contributed by atoms with Crippen LogP contribution in [-0.4, -0.2) is 19.6 Å². The molecule has 0 heterocycles. The number of benzene rings is 2. The molecule has 0 bridgehead atoms. The van der Waals surface area contributed by atoms with E-state index in [2.05, 4.69) is 5.32 Å². The van der Waals surface area contributed by atoms with E-state index in [1.807, 2.05) is 55.5 Å². The summed E-state index contributed by atoms with van der Waals surface area (Å²) >= 11 is 0. The third kappa shape index (κ3) is 3.85. The summed E-state index contributed by atoms with van der Waals surface area (Å²) < 4.78 is 5.11. The highest BCUT2D eigenvalue weighted by molar-refractivity contribution is 5.94. The third-order valence-electron chi connectivity index (χ3n) is 3.14. The monoisotopic (exact) mass is 269 g/mol. The molecule has 0 atom stereocenters. The van der Waals surface area contributed by atoms with Crippen molar-refractivity contribution in [2.75, 3.05) is 13.7 Å². The van der Waals surface area contributed by atoms with E-state index < -0.39 is 0 Å². The van der Waals surface area contributed by atoms with E-state index in [0.717, 1.165) is 17.7 Å². The maximum Gasteiger partial charge on any atom is 0.251 e. The first-order valence-electron chi connectivity index (χ1n) is 6.67. The van der Waals surface area contributed by atoms with Crippen molar-refractivity contribution in [3.63, 3.8) is 0 Å². The molecule has 3 heteroatoms. The van der Waals surface area contributed by atoms with E-state index in [9.17, 15) is 4.79 Å². The normalized spacial score (nSPS) is 10.1. The third-order valence-corrected chi connectivity index (χ3v) is 3.14. The highest BCUT2D eigenvalue weighted by Gasteiger charge is 2.04. The molecule has 1 N–H and O–H groups in total. The summed E-state index contributed by atoms with van der Waals surface area (Å²) in [4.78, 5) is 12.0. The second-order valence-corrected chi connectivity index (χ2v) is 4.72. The number of carbonyl (C=O) groups excluding carboxylic acids is 1. The lowest BCUT2D eigenvalue weighted by Gasteiger charge is -2.07. The van der Waals surface area contributed by atoms with Crippen molar-refractivity contribution in [3.8, 4) is 5.75 Å². The quantitative estimate of drug-likeness (QED) is 0.906. The van der Waals surface area contributed by atoms with Crippen LogP contribution in [0.3, 0.4) is 0 Å². The predicted octanol–water partition coefficient (Wildman–Crippen LogP) is 2.98. The van der Waals surface area contributed by atoms with Crippen LogP contribution >= 0.6 is 0 Å². The van der Waals surface area contributed by atoms with Crippen LogP contribution in [0.4, 0.5) is 0 Å². The van der Waals surface area contributed by atoms with Crippen molar-refractivity contribution in [2.45, 2.75) is 13.3 Å². The van der Waals surface area contributed by atoms with Gasteiger partial charge in [0, 0.05) is 12.1 Å². The molecule has 0 spiro atoms. The fourth-order valence-corrected chi connectivity index (χ4v) is 2.00. The fraction of sp³-hybridized carbons (Fsp3) is 0.235. The van der Waals surface area contributed by atoms with E-state index in [4.69, 9.17) is 4.74 Å². The second-order valence-electron chi connectivity index (χ2n) is 4.72. The smallest absolute Gasteiger partial charge is 0.251 e. The SMILES string of the molecule is COc1ccc(CCNC(=O)c2cccc(C)c2)cc1. The first-order valence-corrected chi connectivity index (χ1v) is 6.67. The number of ether oxygens (including phenoxy) is 1. The van der Waals surface area contributed by atoms with Crippen LogP contribution in [0.5, 0.6) is 5.75 Å². The maximum atomic E-state index is 12.0. The Kier molecular flexibility index (Phi) is 4.77. The Balaban J connectivity index is 1.84. The topological polar surface area (TPSA) is 38.3 Å². The van der Waals surface area contributed by atoms with Crippen LogP contribution in [0.2, 0.25) is 0 Å². The van der Waals surface area contributed by atoms with E-state index in [0.29, 0.717) is 12.1 Å². The molecule has 2 rings (SSSR count). The molecular formula is C17H19NO2. The van der Waals surface area contributed by atoms with Gasteiger partial charge in [-0.1, -0.05) is 29.8 Å². The van der Waals surface area contributed by atoms with Crippen molar-refractivity contribution in [1.29, 1.82) is 0 Å². The molecule has 0 saturated heterocycles. The lowest BCUT2D eigenvalue weighted by atomic mass is 10.1. The standard InChI is InChI=1S/C17H19NO2/c1-13-4-3-5-15(12-13)17(19)18-11-10-14-6-8-16(20-2)9-7-14/h3-9,12H,10-11H2,1-2H3,(H,18,19). The van der Waals surface area contributed by atoms with Gasteiger partial charge < -0.3 is 10.1 Å². The molecule has 0 aromatic heterocycles. The maximum absolute atomic E-state index is 12.0. The van der Waals surface area contributed by atoms with Crippen LogP contribution in [0.1, 0.15) is 21.5 Å². The summed E-state index contributed by atoms with van der Waals surface area (Å²) in [6.07, 6.45) is 0.807. The molecule has 104 valence electrons. The van der Waals surface area contributed by atoms with Gasteiger partial charge in [0.2, 0.25) is 0 Å². The lowest BCUT2D eigenvalue weighted by Crippen LogP contribution is -2.25. The fourth-order valence-electron chi connectivity index (χ4n) is 2.00. The molecule has 0 fully saturated rings. The van der Waals surface area contributed by atoms with Crippen LogP contribution in [0.15, 0.2) is 48.5 Å². The minimum Gasteiger partial charge on any atom is -0.497 e. The minimum atomic E-state index is -0.0257. The summed E-state index contributed by atoms with van der Waals surface area (Å²) in [5.74, 6) is 0.819. The molecule has 2 aromatic carbocycles. The summed E-state index contributed by atoms with van der Waals surface area (Å²) in [6, 6.07) is 15.5. The minimum absolute atomic E-state index is 0.0257. The first kappa shape index (κ1) is 14.1. The molecule has 0 saturated carbocycles. The van der Waals surface area contributed by atoms with Gasteiger partial charge >= 0.3 is 0 Å². The van der Waals surface area contributed by atoms with Crippen molar-refractivity contribution in [1.82, 2.24) is 5.32 Å². The van der Waals surface area contributed by atoms with Crippen LogP contribution in [-0.2, 0) is 6.42 Å². The number of nitrogens with one attached hydrogen (secondary N) is 1. The Morgan fingerprint density at radius 3 is 2.55 bits per heavy atom. The van der Waals surface area contributed by atoms with Crippen molar-refractivity contribution in [2.24, 2.45) is 0 Å². The Morgan fingerprint density at radius 2 is 1.90 bits per heavy atom. The van der Waals surface area contributed by atoms with Gasteiger partial charge in [-0.3, -0.25) is 4.79 Å². The Morgan fingerprint density at radius 1 is 1.15 bits per heavy atom. The first-order chi connectivity index (χ1) is 9.69. The van der Waals surface area contributed by atoms with E-state index >= 15 is 0 Å². The number of rotatable bonds is 5. The van der Waals surface area contributed by atoms with E-state index in [-0.39, 0.29) is 5.91 Å². The van der Waals surface area contributed by atoms with Crippen LogP contribution in [0.25, 0.3) is 0 Å². The van der Waals surface area contributed by atoms with Crippen molar-refractivity contribution >= 4 is 5.91 Å². The Labute approximate surface area is 119 Å². The lowest BCUT2D eigenvalue weighted by molar-refractivity contribution is 0.0954. The van der Waals surface area contributed by atoms with Gasteiger partial charge in [-0.15, -0.1) is 0 Å². The van der Waals surface area contributed by atoms with Crippen molar-refractivity contribution in [3.05, 3.63) is 65.2 Å². The number of amides is 1. The molecule has 2 aromatic rings. The largest absolute Gasteiger partial charge is 0.497 e. The molecule has 0 radical (unpaired) electrons. The zero-order valence-electron chi connectivity index (χ0n) is 11.8. The molecule has 0 aliphatic carbocycles. The van der Waals surface area contributed by atoms with Crippen LogP contribution in [0, 0.1) is 6.92 Å². The molecule has 20 heavy (non-hydrogen) atoms. The zero-order valence-corrected chi connectivity index (χ0v) is 11.8. The molecule has 0 aliphatic heterocycles. The van der Waals surface area contributed by atoms with E-state index in [1.54, 1.807) is 7.11 Å². The number of methoxy groups -OCH3 is 1. The number of hydrogen-bond acceptors (Lipinski definition) is 2. The average Bonchev–Trinajstić information content (AvgIpc) is 2.48. The van der Waals surface area contributed by atoms with Gasteiger partial charge in [-0.2, -0.15) is 0 Å². The molecule has 1 amide bonds. The average molecular weight is 269 g/mol. The van der Waals surface area contributed by atoms with Crippen molar-refractivity contribution < 1.29 is 9.53 Å². The molecule has 3 nitrogen and oxygen atoms in total. The van der Waals surface area contributed by atoms with Gasteiger partial charge in [0.15, 0.2) is 0 Å². The number of hydrogen-bond donors (Lipinski definition) is 1. The Bertz CT molecular complexity index is 576. The summed E-state index contributed by atoms with van der Waals surface area (Å²) in [7, 11) is 1.65. The Hall–Kier alpha value is -2.29.